The van der Waals surface area contributed by atoms with Crippen molar-refractivity contribution in [2.45, 2.75) is 18.7 Å². The Bertz CT molecular complexity index is 896. The fourth-order valence-corrected chi connectivity index (χ4v) is 3.45. The standard InChI is InChI=1S/C17H18ClNO5S/c1-11-9-13(7-8-16(11)24-10-17(20)23-3)25(21,22)19-15-6-4-5-14(18)12(15)2/h4-9,19H,10H2,1-3H3. The van der Waals surface area contributed by atoms with E-state index in [1.807, 2.05) is 0 Å². The van der Waals surface area contributed by atoms with E-state index in [1.165, 1.54) is 25.3 Å². The monoisotopic (exact) mass is 383 g/mol. The van der Waals surface area contributed by atoms with Crippen molar-refractivity contribution in [1.29, 1.82) is 0 Å². The third kappa shape index (κ3) is 4.64. The minimum atomic E-state index is -3.78. The summed E-state index contributed by atoms with van der Waals surface area (Å²) in [6.07, 6.45) is 0. The van der Waals surface area contributed by atoms with Crippen LogP contribution in [-0.2, 0) is 19.6 Å². The summed E-state index contributed by atoms with van der Waals surface area (Å²) >= 11 is 6.02. The fraction of sp³-hybridized carbons (Fsp3) is 0.235. The fourth-order valence-electron chi connectivity index (χ4n) is 2.07. The predicted molar refractivity (Wildman–Crippen MR) is 95.7 cm³/mol. The quantitative estimate of drug-likeness (QED) is 0.774. The maximum atomic E-state index is 12.6. The van der Waals surface area contributed by atoms with Crippen LogP contribution in [0.3, 0.4) is 0 Å². The number of sulfonamides is 1. The van der Waals surface area contributed by atoms with E-state index in [-0.39, 0.29) is 11.5 Å². The number of aryl methyl sites for hydroxylation is 1. The van der Waals surface area contributed by atoms with Crippen molar-refractivity contribution in [3.05, 3.63) is 52.5 Å². The molecule has 8 heteroatoms. The molecule has 1 N–H and O–H groups in total. The number of methoxy groups -OCH3 is 1. The second-order valence-electron chi connectivity index (χ2n) is 5.31. The lowest BCUT2D eigenvalue weighted by atomic mass is 10.2. The number of esters is 1. The number of carbonyl (C=O) groups is 1. The number of halogens is 1. The lowest BCUT2D eigenvalue weighted by Crippen LogP contribution is -2.15. The average molecular weight is 384 g/mol. The zero-order chi connectivity index (χ0) is 18.6. The van der Waals surface area contributed by atoms with Crippen LogP contribution in [0.1, 0.15) is 11.1 Å². The molecule has 0 heterocycles. The van der Waals surface area contributed by atoms with E-state index in [9.17, 15) is 13.2 Å². The molecule has 0 aromatic heterocycles. The number of anilines is 1. The van der Waals surface area contributed by atoms with Crippen molar-refractivity contribution in [2.24, 2.45) is 0 Å². The normalized spacial score (nSPS) is 11.0. The van der Waals surface area contributed by atoms with Crippen molar-refractivity contribution in [1.82, 2.24) is 0 Å². The zero-order valence-corrected chi connectivity index (χ0v) is 15.6. The van der Waals surface area contributed by atoms with Gasteiger partial charge in [0.15, 0.2) is 6.61 Å². The minimum absolute atomic E-state index is 0.0785. The van der Waals surface area contributed by atoms with Crippen LogP contribution in [0, 0.1) is 13.8 Å². The summed E-state index contributed by atoms with van der Waals surface area (Å²) in [6.45, 7) is 3.18. The Labute approximate surface area is 151 Å². The number of ether oxygens (including phenoxy) is 2. The number of rotatable bonds is 6. The van der Waals surface area contributed by atoms with Crippen molar-refractivity contribution in [3.8, 4) is 5.75 Å². The maximum Gasteiger partial charge on any atom is 0.343 e. The molecule has 2 aromatic rings. The Morgan fingerprint density at radius 2 is 1.92 bits per heavy atom. The molecule has 2 rings (SSSR count). The van der Waals surface area contributed by atoms with Gasteiger partial charge in [0, 0.05) is 5.02 Å². The van der Waals surface area contributed by atoms with Gasteiger partial charge in [-0.25, -0.2) is 13.2 Å². The van der Waals surface area contributed by atoms with Gasteiger partial charge in [-0.15, -0.1) is 0 Å². The molecule has 0 spiro atoms. The number of benzene rings is 2. The smallest absolute Gasteiger partial charge is 0.343 e. The van der Waals surface area contributed by atoms with Gasteiger partial charge in [0.2, 0.25) is 0 Å². The number of carbonyl (C=O) groups excluding carboxylic acids is 1. The van der Waals surface area contributed by atoms with Crippen LogP contribution in [-0.4, -0.2) is 28.1 Å². The third-order valence-corrected chi connectivity index (χ3v) is 5.31. The molecule has 0 aliphatic rings. The van der Waals surface area contributed by atoms with Gasteiger partial charge in [-0.2, -0.15) is 0 Å². The highest BCUT2D eigenvalue weighted by molar-refractivity contribution is 7.92. The molecule has 6 nitrogen and oxygen atoms in total. The maximum absolute atomic E-state index is 12.6. The van der Waals surface area contributed by atoms with Crippen LogP contribution >= 0.6 is 11.6 Å². The molecule has 0 unspecified atom stereocenters. The average Bonchev–Trinajstić information content (AvgIpc) is 2.57. The molecule has 25 heavy (non-hydrogen) atoms. The summed E-state index contributed by atoms with van der Waals surface area (Å²) in [5.74, 6) is -0.113. The molecule has 2 aromatic carbocycles. The largest absolute Gasteiger partial charge is 0.482 e. The van der Waals surface area contributed by atoms with E-state index in [4.69, 9.17) is 16.3 Å². The van der Waals surface area contributed by atoms with Crippen LogP contribution in [0.2, 0.25) is 5.02 Å². The van der Waals surface area contributed by atoms with Gasteiger partial charge < -0.3 is 9.47 Å². The molecular weight excluding hydrogens is 366 g/mol. The van der Waals surface area contributed by atoms with E-state index in [0.717, 1.165) is 0 Å². The van der Waals surface area contributed by atoms with Crippen molar-refractivity contribution in [3.63, 3.8) is 0 Å². The molecule has 0 aliphatic carbocycles. The Kier molecular flexibility index (Phi) is 5.92. The van der Waals surface area contributed by atoms with Gasteiger partial charge >= 0.3 is 5.97 Å². The van der Waals surface area contributed by atoms with Gasteiger partial charge in [0.25, 0.3) is 10.0 Å². The molecular formula is C17H18ClNO5S. The molecule has 0 saturated heterocycles. The van der Waals surface area contributed by atoms with Crippen LogP contribution in [0.25, 0.3) is 0 Å². The molecule has 0 saturated carbocycles. The SMILES string of the molecule is COC(=O)COc1ccc(S(=O)(=O)Nc2cccc(Cl)c2C)cc1C. The van der Waals surface area contributed by atoms with Crippen molar-refractivity contribution < 1.29 is 22.7 Å². The first-order chi connectivity index (χ1) is 11.7. The lowest BCUT2D eigenvalue weighted by molar-refractivity contribution is -0.142. The van der Waals surface area contributed by atoms with E-state index in [2.05, 4.69) is 9.46 Å². The zero-order valence-electron chi connectivity index (χ0n) is 14.0. The second-order valence-corrected chi connectivity index (χ2v) is 7.40. The Hall–Kier alpha value is -2.25. The van der Waals surface area contributed by atoms with Crippen LogP contribution in [0.5, 0.6) is 5.75 Å². The van der Waals surface area contributed by atoms with Crippen LogP contribution in [0.15, 0.2) is 41.3 Å². The van der Waals surface area contributed by atoms with E-state index >= 15 is 0 Å². The van der Waals surface area contributed by atoms with Crippen molar-refractivity contribution >= 4 is 33.3 Å². The molecule has 0 radical (unpaired) electrons. The van der Waals surface area contributed by atoms with Gasteiger partial charge in [-0.05, 0) is 55.3 Å². The van der Waals surface area contributed by atoms with Gasteiger partial charge in [-0.3, -0.25) is 4.72 Å². The Morgan fingerprint density at radius 3 is 2.56 bits per heavy atom. The Balaban J connectivity index is 2.23. The highest BCUT2D eigenvalue weighted by Gasteiger charge is 2.17. The number of nitrogens with one attached hydrogen (secondary N) is 1. The molecule has 0 bridgehead atoms. The van der Waals surface area contributed by atoms with E-state index < -0.39 is 16.0 Å². The molecule has 0 fully saturated rings. The van der Waals surface area contributed by atoms with Crippen molar-refractivity contribution in [2.75, 3.05) is 18.4 Å². The minimum Gasteiger partial charge on any atom is -0.482 e. The molecule has 134 valence electrons. The predicted octanol–water partition coefficient (Wildman–Crippen LogP) is 3.31. The van der Waals surface area contributed by atoms with Gasteiger partial charge in [-0.1, -0.05) is 17.7 Å². The summed E-state index contributed by atoms with van der Waals surface area (Å²) in [5.41, 5.74) is 1.63. The summed E-state index contributed by atoms with van der Waals surface area (Å²) < 4.78 is 37.5. The summed E-state index contributed by atoms with van der Waals surface area (Å²) in [7, 11) is -2.52. The lowest BCUT2D eigenvalue weighted by Gasteiger charge is -2.13. The first kappa shape index (κ1) is 19.1. The van der Waals surface area contributed by atoms with Crippen LogP contribution < -0.4 is 9.46 Å². The first-order valence-corrected chi connectivity index (χ1v) is 9.19. The summed E-state index contributed by atoms with van der Waals surface area (Å²) in [4.78, 5) is 11.2. The molecule has 0 atom stereocenters. The topological polar surface area (TPSA) is 81.7 Å². The number of hydrogen-bond donors (Lipinski definition) is 1. The van der Waals surface area contributed by atoms with E-state index in [1.54, 1.807) is 32.0 Å². The molecule has 0 aliphatic heterocycles. The van der Waals surface area contributed by atoms with Gasteiger partial charge in [0.1, 0.15) is 5.75 Å². The second kappa shape index (κ2) is 7.76. The van der Waals surface area contributed by atoms with Crippen LogP contribution in [0.4, 0.5) is 5.69 Å². The summed E-state index contributed by atoms with van der Waals surface area (Å²) in [5, 5.41) is 0.475. The van der Waals surface area contributed by atoms with E-state index in [0.29, 0.717) is 27.6 Å². The number of hydrogen-bond acceptors (Lipinski definition) is 5. The molecule has 0 amide bonds. The third-order valence-electron chi connectivity index (χ3n) is 3.54. The Morgan fingerprint density at radius 1 is 1.20 bits per heavy atom. The first-order valence-electron chi connectivity index (χ1n) is 7.33. The highest BCUT2D eigenvalue weighted by Crippen LogP contribution is 2.27. The highest BCUT2D eigenvalue weighted by atomic mass is 35.5. The summed E-state index contributed by atoms with van der Waals surface area (Å²) in [6, 6.07) is 9.36. The van der Waals surface area contributed by atoms with Gasteiger partial charge in [0.05, 0.1) is 17.7 Å².